The molecule has 0 aliphatic carbocycles. The molecule has 0 spiro atoms. The second kappa shape index (κ2) is 7.31. The fraction of sp³-hybridized carbons (Fsp3) is 0.643. The normalized spacial score (nSPS) is 16.3. The zero-order chi connectivity index (χ0) is 13.5. The van der Waals surface area contributed by atoms with Crippen molar-refractivity contribution < 1.29 is 0 Å². The fourth-order valence-electron chi connectivity index (χ4n) is 2.38. The highest BCUT2D eigenvalue weighted by atomic mass is 15.6. The summed E-state index contributed by atoms with van der Waals surface area (Å²) < 4.78 is 0. The monoisotopic (exact) mass is 263 g/mol. The van der Waals surface area contributed by atoms with Gasteiger partial charge in [-0.05, 0) is 25.5 Å². The van der Waals surface area contributed by atoms with Gasteiger partial charge in [-0.1, -0.05) is 6.92 Å². The molecule has 2 rings (SSSR count). The first-order chi connectivity index (χ1) is 9.36. The number of nitrogens with one attached hydrogen (secondary N) is 2. The molecule has 1 aliphatic heterocycles. The smallest absolute Gasteiger partial charge is 0.166 e. The summed E-state index contributed by atoms with van der Waals surface area (Å²) in [6.45, 7) is 10.4. The molecular formula is C14H25N5. The van der Waals surface area contributed by atoms with Crippen molar-refractivity contribution in [2.45, 2.75) is 20.3 Å². The van der Waals surface area contributed by atoms with Crippen molar-refractivity contribution in [1.82, 2.24) is 15.3 Å². The molecule has 0 radical (unpaired) electrons. The van der Waals surface area contributed by atoms with Gasteiger partial charge < -0.3 is 10.6 Å². The van der Waals surface area contributed by atoms with Crippen LogP contribution in [0.4, 0.5) is 11.5 Å². The van der Waals surface area contributed by atoms with E-state index in [1.54, 1.807) is 0 Å². The number of piperazine rings is 1. The highest BCUT2D eigenvalue weighted by Crippen LogP contribution is 2.24. The first kappa shape index (κ1) is 14.1. The van der Waals surface area contributed by atoms with Gasteiger partial charge in [0.2, 0.25) is 0 Å². The van der Waals surface area contributed by atoms with Crippen LogP contribution < -0.4 is 15.6 Å². The van der Waals surface area contributed by atoms with Gasteiger partial charge in [-0.2, -0.15) is 0 Å². The predicted molar refractivity (Wildman–Crippen MR) is 80.5 cm³/mol. The lowest BCUT2D eigenvalue weighted by Gasteiger charge is -2.38. The van der Waals surface area contributed by atoms with E-state index < -0.39 is 0 Å². The average molecular weight is 263 g/mol. The van der Waals surface area contributed by atoms with Crippen LogP contribution in [0, 0.1) is 0 Å². The number of anilines is 2. The van der Waals surface area contributed by atoms with E-state index in [0.717, 1.165) is 57.2 Å². The van der Waals surface area contributed by atoms with Gasteiger partial charge in [0.25, 0.3) is 0 Å². The fourth-order valence-corrected chi connectivity index (χ4v) is 2.38. The number of rotatable bonds is 6. The lowest BCUT2D eigenvalue weighted by molar-refractivity contribution is 0.220. The molecule has 0 bridgehead atoms. The molecule has 1 saturated heterocycles. The molecular weight excluding hydrogens is 238 g/mol. The van der Waals surface area contributed by atoms with Gasteiger partial charge in [0.15, 0.2) is 5.82 Å². The molecule has 1 fully saturated rings. The second-order valence-corrected chi connectivity index (χ2v) is 4.72. The molecule has 5 heteroatoms. The highest BCUT2D eigenvalue weighted by Gasteiger charge is 2.20. The van der Waals surface area contributed by atoms with E-state index in [1.165, 1.54) is 0 Å². The Morgan fingerprint density at radius 2 is 2.16 bits per heavy atom. The van der Waals surface area contributed by atoms with Gasteiger partial charge >= 0.3 is 0 Å². The van der Waals surface area contributed by atoms with Crippen molar-refractivity contribution >= 4 is 11.5 Å². The van der Waals surface area contributed by atoms with Crippen molar-refractivity contribution in [2.24, 2.45) is 0 Å². The number of nitrogens with zero attached hydrogens (tertiary/aromatic N) is 3. The Balaban J connectivity index is 2.16. The van der Waals surface area contributed by atoms with Gasteiger partial charge in [-0.3, -0.25) is 5.01 Å². The van der Waals surface area contributed by atoms with E-state index in [0.29, 0.717) is 0 Å². The van der Waals surface area contributed by atoms with Crippen molar-refractivity contribution in [3.63, 3.8) is 0 Å². The van der Waals surface area contributed by atoms with Crippen LogP contribution in [0.3, 0.4) is 0 Å². The van der Waals surface area contributed by atoms with Gasteiger partial charge in [0, 0.05) is 45.5 Å². The van der Waals surface area contributed by atoms with Crippen molar-refractivity contribution in [1.29, 1.82) is 0 Å². The molecule has 0 atom stereocenters. The summed E-state index contributed by atoms with van der Waals surface area (Å²) in [6, 6.07) is 4.11. The minimum Gasteiger partial charge on any atom is -0.382 e. The van der Waals surface area contributed by atoms with Gasteiger partial charge in [0.05, 0.1) is 5.69 Å². The molecule has 1 aliphatic rings. The Morgan fingerprint density at radius 3 is 2.84 bits per heavy atom. The summed E-state index contributed by atoms with van der Waals surface area (Å²) in [6.07, 6.45) is 2.99. The van der Waals surface area contributed by atoms with Crippen LogP contribution in [0.25, 0.3) is 0 Å². The summed E-state index contributed by atoms with van der Waals surface area (Å²) in [7, 11) is 0. The number of hydrogen-bond donors (Lipinski definition) is 2. The zero-order valence-electron chi connectivity index (χ0n) is 12.0. The SMILES string of the molecule is CCCNc1cccnc1N(CC)N1CCNCC1. The van der Waals surface area contributed by atoms with E-state index in [-0.39, 0.29) is 0 Å². The quantitative estimate of drug-likeness (QED) is 0.815. The molecule has 2 N–H and O–H groups in total. The van der Waals surface area contributed by atoms with E-state index in [4.69, 9.17) is 0 Å². The Bertz CT molecular complexity index is 376. The van der Waals surface area contributed by atoms with Crippen LogP contribution >= 0.6 is 0 Å². The standard InChI is InChI=1S/C14H25N5/c1-3-7-16-13-6-5-8-17-14(13)19(4-2)18-11-9-15-10-12-18/h5-6,8,15-16H,3-4,7,9-12H2,1-2H3. The van der Waals surface area contributed by atoms with E-state index in [2.05, 4.69) is 45.5 Å². The zero-order valence-corrected chi connectivity index (χ0v) is 12.0. The van der Waals surface area contributed by atoms with Crippen molar-refractivity contribution in [3.05, 3.63) is 18.3 Å². The van der Waals surface area contributed by atoms with Crippen LogP contribution in [0.15, 0.2) is 18.3 Å². The van der Waals surface area contributed by atoms with Crippen LogP contribution in [0.5, 0.6) is 0 Å². The summed E-state index contributed by atoms with van der Waals surface area (Å²) in [5.74, 6) is 1.04. The Hall–Kier alpha value is -1.33. The van der Waals surface area contributed by atoms with Gasteiger partial charge in [0.1, 0.15) is 0 Å². The van der Waals surface area contributed by atoms with Crippen LogP contribution in [-0.4, -0.2) is 49.3 Å². The maximum Gasteiger partial charge on any atom is 0.166 e. The molecule has 1 aromatic heterocycles. The maximum absolute atomic E-state index is 4.58. The van der Waals surface area contributed by atoms with E-state index >= 15 is 0 Å². The molecule has 0 aromatic carbocycles. The molecule has 106 valence electrons. The largest absolute Gasteiger partial charge is 0.382 e. The summed E-state index contributed by atoms with van der Waals surface area (Å²) >= 11 is 0. The minimum atomic E-state index is 0.942. The molecule has 1 aromatic rings. The van der Waals surface area contributed by atoms with Crippen LogP contribution in [0.2, 0.25) is 0 Å². The number of aromatic nitrogens is 1. The van der Waals surface area contributed by atoms with E-state index in [1.807, 2.05) is 12.3 Å². The third-order valence-electron chi connectivity index (χ3n) is 3.33. The summed E-state index contributed by atoms with van der Waals surface area (Å²) in [5, 5.41) is 11.5. The second-order valence-electron chi connectivity index (χ2n) is 4.72. The maximum atomic E-state index is 4.58. The molecule has 19 heavy (non-hydrogen) atoms. The summed E-state index contributed by atoms with van der Waals surface area (Å²) in [4.78, 5) is 4.58. The topological polar surface area (TPSA) is 43.4 Å². The Labute approximate surface area is 116 Å². The molecule has 0 amide bonds. The third-order valence-corrected chi connectivity index (χ3v) is 3.33. The lowest BCUT2D eigenvalue weighted by Crippen LogP contribution is -2.53. The van der Waals surface area contributed by atoms with Gasteiger partial charge in [-0.15, -0.1) is 0 Å². The molecule has 0 unspecified atom stereocenters. The molecule has 5 nitrogen and oxygen atoms in total. The van der Waals surface area contributed by atoms with Crippen molar-refractivity contribution in [2.75, 3.05) is 49.6 Å². The van der Waals surface area contributed by atoms with Crippen LogP contribution in [0.1, 0.15) is 20.3 Å². The summed E-state index contributed by atoms with van der Waals surface area (Å²) in [5.41, 5.74) is 1.13. The molecule has 0 saturated carbocycles. The van der Waals surface area contributed by atoms with E-state index in [9.17, 15) is 0 Å². The Morgan fingerprint density at radius 1 is 1.37 bits per heavy atom. The average Bonchev–Trinajstić information content (AvgIpc) is 2.48. The minimum absolute atomic E-state index is 0.942. The highest BCUT2D eigenvalue weighted by molar-refractivity contribution is 5.64. The number of hydrazine groups is 1. The van der Waals surface area contributed by atoms with Crippen LogP contribution in [-0.2, 0) is 0 Å². The first-order valence-electron chi connectivity index (χ1n) is 7.28. The van der Waals surface area contributed by atoms with Crippen molar-refractivity contribution in [3.8, 4) is 0 Å². The number of hydrogen-bond acceptors (Lipinski definition) is 5. The van der Waals surface area contributed by atoms with Gasteiger partial charge in [-0.25, -0.2) is 9.99 Å². The third kappa shape index (κ3) is 3.58. The Kier molecular flexibility index (Phi) is 5.42. The first-order valence-corrected chi connectivity index (χ1v) is 7.28. The number of pyridine rings is 1. The lowest BCUT2D eigenvalue weighted by atomic mass is 10.3. The predicted octanol–water partition coefficient (Wildman–Crippen LogP) is 1.55. The molecule has 2 heterocycles.